The van der Waals surface area contributed by atoms with Gasteiger partial charge in [-0.3, -0.25) is 4.79 Å². The number of nitrogens with zero attached hydrogens (tertiary/aromatic N) is 2. The van der Waals surface area contributed by atoms with E-state index in [4.69, 9.17) is 4.74 Å². The number of carbonyl (C=O) groups excluding carboxylic acids is 1. The summed E-state index contributed by atoms with van der Waals surface area (Å²) in [5.41, 5.74) is 1.94. The van der Waals surface area contributed by atoms with Crippen LogP contribution in [0.1, 0.15) is 22.8 Å². The van der Waals surface area contributed by atoms with Gasteiger partial charge in [0.1, 0.15) is 5.82 Å². The number of carbonyl (C=O) groups is 1. The summed E-state index contributed by atoms with van der Waals surface area (Å²) in [6.07, 6.45) is 1.71. The third kappa shape index (κ3) is 4.67. The van der Waals surface area contributed by atoms with E-state index in [1.165, 1.54) is 12.1 Å². The van der Waals surface area contributed by atoms with Gasteiger partial charge in [-0.25, -0.2) is 18.1 Å². The number of aromatic nitrogens is 1. The van der Waals surface area contributed by atoms with Crippen molar-refractivity contribution in [2.45, 2.75) is 18.7 Å². The van der Waals surface area contributed by atoms with E-state index in [9.17, 15) is 13.2 Å². The molecule has 1 fully saturated rings. The minimum atomic E-state index is -3.64. The topological polar surface area (TPSA) is 101 Å². The van der Waals surface area contributed by atoms with Crippen molar-refractivity contribution >= 4 is 27.4 Å². The van der Waals surface area contributed by atoms with E-state index in [1.807, 2.05) is 6.07 Å². The fourth-order valence-electron chi connectivity index (χ4n) is 2.94. The van der Waals surface area contributed by atoms with E-state index in [-0.39, 0.29) is 17.0 Å². The van der Waals surface area contributed by atoms with Crippen molar-refractivity contribution in [3.63, 3.8) is 0 Å². The SMILES string of the molecule is CCNS(=O)(=O)c1ccc(C)c(C(=O)Nc2ccc(N3CCOCC3)cn2)c1. The predicted octanol–water partition coefficient (Wildman–Crippen LogP) is 1.78. The Morgan fingerprint density at radius 2 is 1.96 bits per heavy atom. The largest absolute Gasteiger partial charge is 0.378 e. The molecule has 0 radical (unpaired) electrons. The normalized spacial score (nSPS) is 14.7. The first-order chi connectivity index (χ1) is 13.4. The second-order valence-corrected chi connectivity index (χ2v) is 8.20. The quantitative estimate of drug-likeness (QED) is 0.761. The van der Waals surface area contributed by atoms with Crippen LogP contribution in [0.25, 0.3) is 0 Å². The first-order valence-corrected chi connectivity index (χ1v) is 10.6. The molecular formula is C19H24N4O4S. The number of sulfonamides is 1. The highest BCUT2D eigenvalue weighted by Gasteiger charge is 2.18. The summed E-state index contributed by atoms with van der Waals surface area (Å²) in [5, 5.41) is 2.73. The van der Waals surface area contributed by atoms with Crippen LogP contribution in [0.4, 0.5) is 11.5 Å². The standard InChI is InChI=1S/C19H24N4O4S/c1-3-21-28(25,26)16-6-4-14(2)17(12-16)19(24)22-18-7-5-15(13-20-18)23-8-10-27-11-9-23/h4-7,12-13,21H,3,8-11H2,1-2H3,(H,20,22,24). The average Bonchev–Trinajstić information content (AvgIpc) is 2.69. The highest BCUT2D eigenvalue weighted by Crippen LogP contribution is 2.19. The Kier molecular flexibility index (Phi) is 6.28. The molecule has 8 nitrogen and oxygen atoms in total. The summed E-state index contributed by atoms with van der Waals surface area (Å²) in [5.74, 6) is -0.000904. The van der Waals surface area contributed by atoms with E-state index in [0.29, 0.717) is 24.6 Å². The van der Waals surface area contributed by atoms with Gasteiger partial charge in [0.25, 0.3) is 5.91 Å². The van der Waals surface area contributed by atoms with Crippen LogP contribution >= 0.6 is 0 Å². The molecule has 1 aromatic carbocycles. The lowest BCUT2D eigenvalue weighted by Crippen LogP contribution is -2.36. The van der Waals surface area contributed by atoms with Gasteiger partial charge in [0, 0.05) is 25.2 Å². The molecule has 2 N–H and O–H groups in total. The van der Waals surface area contributed by atoms with Gasteiger partial charge in [-0.2, -0.15) is 0 Å². The first-order valence-electron chi connectivity index (χ1n) is 9.11. The molecule has 1 saturated heterocycles. The Labute approximate surface area is 165 Å². The summed E-state index contributed by atoms with van der Waals surface area (Å²) in [6, 6.07) is 8.11. The van der Waals surface area contributed by atoms with Crippen LogP contribution in [0.5, 0.6) is 0 Å². The summed E-state index contributed by atoms with van der Waals surface area (Å²) in [7, 11) is -3.64. The molecule has 0 aliphatic carbocycles. The maximum Gasteiger partial charge on any atom is 0.257 e. The molecule has 2 aromatic rings. The minimum Gasteiger partial charge on any atom is -0.378 e. The van der Waals surface area contributed by atoms with Crippen molar-refractivity contribution in [2.75, 3.05) is 43.1 Å². The smallest absolute Gasteiger partial charge is 0.257 e. The number of ether oxygens (including phenoxy) is 1. The lowest BCUT2D eigenvalue weighted by Gasteiger charge is -2.28. The highest BCUT2D eigenvalue weighted by atomic mass is 32.2. The van der Waals surface area contributed by atoms with Crippen molar-refractivity contribution in [3.8, 4) is 0 Å². The highest BCUT2D eigenvalue weighted by molar-refractivity contribution is 7.89. The number of anilines is 2. The van der Waals surface area contributed by atoms with E-state index in [1.54, 1.807) is 32.2 Å². The molecule has 0 bridgehead atoms. The number of aryl methyl sites for hydroxylation is 1. The second kappa shape index (κ2) is 8.68. The lowest BCUT2D eigenvalue weighted by molar-refractivity contribution is 0.102. The van der Waals surface area contributed by atoms with Crippen molar-refractivity contribution in [1.82, 2.24) is 9.71 Å². The van der Waals surface area contributed by atoms with Crippen molar-refractivity contribution < 1.29 is 17.9 Å². The molecule has 2 heterocycles. The van der Waals surface area contributed by atoms with E-state index in [2.05, 4.69) is 19.9 Å². The van der Waals surface area contributed by atoms with Crippen LogP contribution in [-0.4, -0.2) is 52.2 Å². The number of morpholine rings is 1. The average molecular weight is 404 g/mol. The van der Waals surface area contributed by atoms with Gasteiger partial charge in [0.15, 0.2) is 0 Å². The number of pyridine rings is 1. The molecule has 150 valence electrons. The zero-order chi connectivity index (χ0) is 20.1. The van der Waals surface area contributed by atoms with Crippen LogP contribution in [0, 0.1) is 6.92 Å². The summed E-state index contributed by atoms with van der Waals surface area (Å²) in [6.45, 7) is 6.71. The molecule has 1 aromatic heterocycles. The van der Waals surface area contributed by atoms with Crippen LogP contribution < -0.4 is 14.9 Å². The third-order valence-corrected chi connectivity index (χ3v) is 6.01. The zero-order valence-corrected chi connectivity index (χ0v) is 16.8. The molecule has 1 aliphatic heterocycles. The fraction of sp³-hybridized carbons (Fsp3) is 0.368. The summed E-state index contributed by atoms with van der Waals surface area (Å²) in [4.78, 5) is 19.2. The second-order valence-electron chi connectivity index (χ2n) is 6.43. The van der Waals surface area contributed by atoms with Crippen molar-refractivity contribution in [3.05, 3.63) is 47.7 Å². The Bertz CT molecular complexity index is 939. The van der Waals surface area contributed by atoms with Crippen LogP contribution in [0.15, 0.2) is 41.4 Å². The number of benzene rings is 1. The molecule has 0 saturated carbocycles. The van der Waals surface area contributed by atoms with Crippen LogP contribution in [0.2, 0.25) is 0 Å². The lowest BCUT2D eigenvalue weighted by atomic mass is 10.1. The Balaban J connectivity index is 1.75. The van der Waals surface area contributed by atoms with Gasteiger partial charge in [-0.1, -0.05) is 13.0 Å². The zero-order valence-electron chi connectivity index (χ0n) is 15.9. The van der Waals surface area contributed by atoms with Crippen LogP contribution in [0.3, 0.4) is 0 Å². The number of hydrogen-bond donors (Lipinski definition) is 2. The molecule has 0 unspecified atom stereocenters. The van der Waals surface area contributed by atoms with Gasteiger partial charge in [-0.05, 0) is 36.8 Å². The monoisotopic (exact) mass is 404 g/mol. The molecule has 3 rings (SSSR count). The Hall–Kier alpha value is -2.49. The number of hydrogen-bond acceptors (Lipinski definition) is 6. The Morgan fingerprint density at radius 1 is 1.21 bits per heavy atom. The number of amides is 1. The summed E-state index contributed by atoms with van der Waals surface area (Å²) < 4.78 is 32.2. The van der Waals surface area contributed by atoms with Gasteiger partial charge >= 0.3 is 0 Å². The first kappa shape index (κ1) is 20.2. The Morgan fingerprint density at radius 3 is 2.61 bits per heavy atom. The van der Waals surface area contributed by atoms with Gasteiger partial charge in [0.05, 0.1) is 30.0 Å². The van der Waals surface area contributed by atoms with Crippen molar-refractivity contribution in [1.29, 1.82) is 0 Å². The summed E-state index contributed by atoms with van der Waals surface area (Å²) >= 11 is 0. The maximum absolute atomic E-state index is 12.7. The number of rotatable bonds is 6. The maximum atomic E-state index is 12.7. The van der Waals surface area contributed by atoms with Gasteiger partial charge in [-0.15, -0.1) is 0 Å². The molecular weight excluding hydrogens is 380 g/mol. The van der Waals surface area contributed by atoms with Gasteiger partial charge < -0.3 is 15.0 Å². The van der Waals surface area contributed by atoms with E-state index in [0.717, 1.165) is 18.8 Å². The molecule has 9 heteroatoms. The van der Waals surface area contributed by atoms with E-state index >= 15 is 0 Å². The molecule has 1 aliphatic rings. The molecule has 1 amide bonds. The minimum absolute atomic E-state index is 0.0562. The molecule has 0 spiro atoms. The number of nitrogens with one attached hydrogen (secondary N) is 2. The third-order valence-electron chi connectivity index (χ3n) is 4.46. The molecule has 0 atom stereocenters. The van der Waals surface area contributed by atoms with Crippen LogP contribution in [-0.2, 0) is 14.8 Å². The predicted molar refractivity (Wildman–Crippen MR) is 107 cm³/mol. The van der Waals surface area contributed by atoms with Crippen molar-refractivity contribution in [2.24, 2.45) is 0 Å². The van der Waals surface area contributed by atoms with Gasteiger partial charge in [0.2, 0.25) is 10.0 Å². The molecule has 28 heavy (non-hydrogen) atoms. The van der Waals surface area contributed by atoms with E-state index < -0.39 is 15.9 Å². The fourth-order valence-corrected chi connectivity index (χ4v) is 4.01.